The summed E-state index contributed by atoms with van der Waals surface area (Å²) in [6.45, 7) is 3.04. The molecule has 0 saturated heterocycles. The van der Waals surface area contributed by atoms with E-state index < -0.39 is 29.4 Å². The van der Waals surface area contributed by atoms with Crippen LogP contribution in [-0.2, 0) is 14.3 Å². The minimum atomic E-state index is -0.760. The highest BCUT2D eigenvalue weighted by molar-refractivity contribution is 5.84. The van der Waals surface area contributed by atoms with Crippen molar-refractivity contribution in [3.05, 3.63) is 10.1 Å². The number of nitro groups is 1. The molecule has 0 bridgehead atoms. The van der Waals surface area contributed by atoms with Gasteiger partial charge in [0.1, 0.15) is 6.04 Å². The topological polar surface area (TPSA) is 98.5 Å². The molecule has 0 unspecified atom stereocenters. The van der Waals surface area contributed by atoms with Gasteiger partial charge in [0.2, 0.25) is 12.5 Å². The number of esters is 1. The number of hydrogen-bond acceptors (Lipinski definition) is 5. The average molecular weight is 232 g/mol. The molecule has 92 valence electrons. The Labute approximate surface area is 93.3 Å². The molecule has 0 heterocycles. The Kier molecular flexibility index (Phi) is 6.06. The summed E-state index contributed by atoms with van der Waals surface area (Å²) in [5.74, 6) is -1.21. The minimum Gasteiger partial charge on any atom is -0.467 e. The van der Waals surface area contributed by atoms with Crippen LogP contribution in [0.5, 0.6) is 0 Å². The summed E-state index contributed by atoms with van der Waals surface area (Å²) in [5.41, 5.74) is 0. The number of carbonyl (C=O) groups is 2. The van der Waals surface area contributed by atoms with Crippen LogP contribution in [0.15, 0.2) is 0 Å². The van der Waals surface area contributed by atoms with Crippen molar-refractivity contribution >= 4 is 11.9 Å². The molecule has 0 spiro atoms. The summed E-state index contributed by atoms with van der Waals surface area (Å²) in [7, 11) is 1.22. The normalized spacial score (nSPS) is 12.0. The molecule has 7 heteroatoms. The van der Waals surface area contributed by atoms with Crippen molar-refractivity contribution in [3.63, 3.8) is 0 Å². The van der Waals surface area contributed by atoms with Crippen LogP contribution in [0.4, 0.5) is 0 Å². The maximum atomic E-state index is 11.3. The highest BCUT2D eigenvalue weighted by atomic mass is 16.6. The maximum Gasteiger partial charge on any atom is 0.328 e. The molecule has 16 heavy (non-hydrogen) atoms. The fraction of sp³-hybridized carbons (Fsp3) is 0.778. The van der Waals surface area contributed by atoms with Gasteiger partial charge >= 0.3 is 5.97 Å². The van der Waals surface area contributed by atoms with Gasteiger partial charge in [0.25, 0.3) is 0 Å². The third-order valence-electron chi connectivity index (χ3n) is 1.96. The van der Waals surface area contributed by atoms with Crippen LogP contribution in [0.2, 0.25) is 0 Å². The van der Waals surface area contributed by atoms with Crippen LogP contribution in [-0.4, -0.2) is 36.5 Å². The third kappa shape index (κ3) is 5.28. The van der Waals surface area contributed by atoms with Crippen molar-refractivity contribution in [1.82, 2.24) is 5.32 Å². The first kappa shape index (κ1) is 14.3. The lowest BCUT2D eigenvalue weighted by molar-refractivity contribution is -0.478. The SMILES string of the molecule is COC(=O)[C@@H](NC(=O)CC[N+](=O)[O-])C(C)C. The van der Waals surface area contributed by atoms with Crippen LogP contribution in [0, 0.1) is 16.0 Å². The number of hydrogen-bond donors (Lipinski definition) is 1. The number of carbonyl (C=O) groups excluding carboxylic acids is 2. The van der Waals surface area contributed by atoms with Crippen molar-refractivity contribution in [2.24, 2.45) is 5.92 Å². The molecule has 0 rings (SSSR count). The number of nitrogens with one attached hydrogen (secondary N) is 1. The van der Waals surface area contributed by atoms with Gasteiger partial charge in [-0.2, -0.15) is 0 Å². The lowest BCUT2D eigenvalue weighted by atomic mass is 10.0. The number of rotatable bonds is 6. The van der Waals surface area contributed by atoms with Gasteiger partial charge in [-0.25, -0.2) is 4.79 Å². The molecule has 1 atom stereocenters. The Bertz CT molecular complexity index is 277. The molecule has 0 aromatic heterocycles. The summed E-state index contributed by atoms with van der Waals surface area (Å²) in [6.07, 6.45) is -0.243. The second kappa shape index (κ2) is 6.76. The second-order valence-corrected chi connectivity index (χ2v) is 3.62. The summed E-state index contributed by atoms with van der Waals surface area (Å²) < 4.78 is 4.51. The highest BCUT2D eigenvalue weighted by Crippen LogP contribution is 2.03. The Morgan fingerprint density at radius 2 is 2.00 bits per heavy atom. The summed E-state index contributed by atoms with van der Waals surface area (Å²) in [6, 6.07) is -0.760. The van der Waals surface area contributed by atoms with Crippen molar-refractivity contribution in [2.45, 2.75) is 26.3 Å². The third-order valence-corrected chi connectivity index (χ3v) is 1.96. The number of methoxy groups -OCH3 is 1. The number of nitrogens with zero attached hydrogens (tertiary/aromatic N) is 1. The van der Waals surface area contributed by atoms with E-state index in [0.717, 1.165) is 0 Å². The molecule has 7 nitrogen and oxygen atoms in total. The molecule has 0 aromatic carbocycles. The quantitative estimate of drug-likeness (QED) is 0.394. The fourth-order valence-corrected chi connectivity index (χ4v) is 1.06. The molecule has 0 aliphatic rings. The van der Waals surface area contributed by atoms with Gasteiger partial charge in [0.05, 0.1) is 13.5 Å². The van der Waals surface area contributed by atoms with Crippen molar-refractivity contribution in [3.8, 4) is 0 Å². The monoisotopic (exact) mass is 232 g/mol. The first-order valence-electron chi connectivity index (χ1n) is 4.87. The van der Waals surface area contributed by atoms with Crippen LogP contribution in [0.3, 0.4) is 0 Å². The molecule has 0 radical (unpaired) electrons. The van der Waals surface area contributed by atoms with Crippen molar-refractivity contribution in [1.29, 1.82) is 0 Å². The van der Waals surface area contributed by atoms with Gasteiger partial charge in [-0.15, -0.1) is 0 Å². The van der Waals surface area contributed by atoms with E-state index in [1.54, 1.807) is 13.8 Å². The molecular weight excluding hydrogens is 216 g/mol. The molecule has 0 fully saturated rings. The summed E-state index contributed by atoms with van der Waals surface area (Å²) >= 11 is 0. The van der Waals surface area contributed by atoms with Crippen LogP contribution in [0.25, 0.3) is 0 Å². The molecule has 1 amide bonds. The van der Waals surface area contributed by atoms with Crippen molar-refractivity contribution in [2.75, 3.05) is 13.7 Å². The van der Waals surface area contributed by atoms with E-state index in [0.29, 0.717) is 0 Å². The van der Waals surface area contributed by atoms with Gasteiger partial charge in [-0.05, 0) is 5.92 Å². The summed E-state index contributed by atoms with van der Waals surface area (Å²) in [4.78, 5) is 32.0. The largest absolute Gasteiger partial charge is 0.467 e. The van der Waals surface area contributed by atoms with E-state index in [2.05, 4.69) is 10.1 Å². The maximum absolute atomic E-state index is 11.3. The van der Waals surface area contributed by atoms with Gasteiger partial charge in [0, 0.05) is 4.92 Å². The zero-order valence-electron chi connectivity index (χ0n) is 9.56. The smallest absolute Gasteiger partial charge is 0.328 e. The Balaban J connectivity index is 4.24. The minimum absolute atomic E-state index is 0.132. The molecule has 0 aromatic rings. The van der Waals surface area contributed by atoms with Gasteiger partial charge in [0.15, 0.2) is 0 Å². The molecule has 1 N–H and O–H groups in total. The van der Waals surface area contributed by atoms with Crippen LogP contribution < -0.4 is 5.32 Å². The zero-order chi connectivity index (χ0) is 12.7. The van der Waals surface area contributed by atoms with E-state index in [1.165, 1.54) is 7.11 Å². The molecule has 0 aliphatic carbocycles. The Morgan fingerprint density at radius 1 is 1.44 bits per heavy atom. The first-order valence-corrected chi connectivity index (χ1v) is 4.87. The Morgan fingerprint density at radius 3 is 2.38 bits per heavy atom. The standard InChI is InChI=1S/C9H16N2O5/c1-6(2)8(9(13)16-3)10-7(12)4-5-11(14)15/h6,8H,4-5H2,1-3H3,(H,10,12)/t8-/m0/s1. The van der Waals surface area contributed by atoms with Crippen LogP contribution >= 0.6 is 0 Å². The Hall–Kier alpha value is -1.66. The van der Waals surface area contributed by atoms with E-state index in [-0.39, 0.29) is 12.3 Å². The second-order valence-electron chi connectivity index (χ2n) is 3.62. The number of ether oxygens (including phenoxy) is 1. The lowest BCUT2D eigenvalue weighted by Crippen LogP contribution is -2.45. The van der Waals surface area contributed by atoms with E-state index >= 15 is 0 Å². The summed E-state index contributed by atoms with van der Waals surface area (Å²) in [5, 5.41) is 12.5. The predicted molar refractivity (Wildman–Crippen MR) is 55.3 cm³/mol. The van der Waals surface area contributed by atoms with E-state index in [1.807, 2.05) is 0 Å². The molecular formula is C9H16N2O5. The number of amides is 1. The zero-order valence-corrected chi connectivity index (χ0v) is 9.56. The predicted octanol–water partition coefficient (Wildman–Crippen LogP) is -0.0330. The first-order chi connectivity index (χ1) is 7.38. The van der Waals surface area contributed by atoms with E-state index in [4.69, 9.17) is 0 Å². The van der Waals surface area contributed by atoms with Crippen LogP contribution in [0.1, 0.15) is 20.3 Å². The average Bonchev–Trinajstić information content (AvgIpc) is 2.21. The molecule has 0 saturated carbocycles. The lowest BCUT2D eigenvalue weighted by Gasteiger charge is -2.19. The highest BCUT2D eigenvalue weighted by Gasteiger charge is 2.25. The van der Waals surface area contributed by atoms with Gasteiger partial charge in [-0.1, -0.05) is 13.8 Å². The van der Waals surface area contributed by atoms with Gasteiger partial charge in [-0.3, -0.25) is 14.9 Å². The van der Waals surface area contributed by atoms with Crippen molar-refractivity contribution < 1.29 is 19.2 Å². The molecule has 0 aliphatic heterocycles. The van der Waals surface area contributed by atoms with E-state index in [9.17, 15) is 19.7 Å². The fourth-order valence-electron chi connectivity index (χ4n) is 1.06. The van der Waals surface area contributed by atoms with Gasteiger partial charge < -0.3 is 10.1 Å².